The minimum absolute atomic E-state index is 0.0233. The molecule has 1 aromatic carbocycles. The Morgan fingerprint density at radius 2 is 1.90 bits per heavy atom. The van der Waals surface area contributed by atoms with Crippen molar-refractivity contribution in [1.29, 1.82) is 0 Å². The van der Waals surface area contributed by atoms with Crippen molar-refractivity contribution in [2.24, 2.45) is 0 Å². The summed E-state index contributed by atoms with van der Waals surface area (Å²) in [4.78, 5) is 11.7. The third-order valence-corrected chi connectivity index (χ3v) is 2.95. The van der Waals surface area contributed by atoms with Crippen molar-refractivity contribution >= 4 is 11.6 Å². The van der Waals surface area contributed by atoms with Crippen molar-refractivity contribution < 1.29 is 9.53 Å². The van der Waals surface area contributed by atoms with E-state index in [1.807, 2.05) is 38.1 Å². The second-order valence-electron chi connectivity index (χ2n) is 4.88. The zero-order valence-corrected chi connectivity index (χ0v) is 12.7. The van der Waals surface area contributed by atoms with Crippen molar-refractivity contribution in [3.05, 3.63) is 24.3 Å². The molecule has 0 bridgehead atoms. The molecular weight excluding hydrogens is 252 g/mol. The van der Waals surface area contributed by atoms with Crippen LogP contribution in [0.1, 0.15) is 40.0 Å². The first-order valence-electron chi connectivity index (χ1n) is 7.44. The predicted molar refractivity (Wildman–Crippen MR) is 83.2 cm³/mol. The standard InChI is InChI=1S/C16H26N2O2/c1-4-6-12-20-15-9-7-14(8-10-15)18-13(3)16(19)17-11-5-2/h7-10,13,18H,4-6,11-12H2,1-3H3,(H,17,19). The lowest BCUT2D eigenvalue weighted by molar-refractivity contribution is -0.121. The summed E-state index contributed by atoms with van der Waals surface area (Å²) in [6.45, 7) is 7.50. The van der Waals surface area contributed by atoms with Crippen LogP contribution in [-0.2, 0) is 4.79 Å². The van der Waals surface area contributed by atoms with Gasteiger partial charge in [-0.25, -0.2) is 0 Å². The van der Waals surface area contributed by atoms with Crippen LogP contribution in [-0.4, -0.2) is 25.1 Å². The summed E-state index contributed by atoms with van der Waals surface area (Å²) in [7, 11) is 0. The normalized spacial score (nSPS) is 11.8. The van der Waals surface area contributed by atoms with Gasteiger partial charge in [0.2, 0.25) is 5.91 Å². The van der Waals surface area contributed by atoms with E-state index in [0.29, 0.717) is 0 Å². The number of rotatable bonds is 9. The van der Waals surface area contributed by atoms with Crippen molar-refractivity contribution in [3.8, 4) is 5.75 Å². The van der Waals surface area contributed by atoms with E-state index >= 15 is 0 Å². The van der Waals surface area contributed by atoms with E-state index in [0.717, 1.165) is 43.9 Å². The van der Waals surface area contributed by atoms with E-state index in [4.69, 9.17) is 4.74 Å². The van der Waals surface area contributed by atoms with Crippen LogP contribution in [0.4, 0.5) is 5.69 Å². The van der Waals surface area contributed by atoms with Crippen LogP contribution in [0.5, 0.6) is 5.75 Å². The highest BCUT2D eigenvalue weighted by atomic mass is 16.5. The molecule has 0 aliphatic rings. The van der Waals surface area contributed by atoms with Crippen molar-refractivity contribution in [3.63, 3.8) is 0 Å². The van der Waals surface area contributed by atoms with Gasteiger partial charge in [-0.05, 0) is 44.0 Å². The van der Waals surface area contributed by atoms with Gasteiger partial charge in [-0.3, -0.25) is 4.79 Å². The second kappa shape index (κ2) is 9.23. The molecule has 0 saturated heterocycles. The number of hydrogen-bond acceptors (Lipinski definition) is 3. The summed E-state index contributed by atoms with van der Waals surface area (Å²) < 4.78 is 5.60. The minimum Gasteiger partial charge on any atom is -0.494 e. The predicted octanol–water partition coefficient (Wildman–Crippen LogP) is 3.19. The number of amides is 1. The Kier molecular flexibility index (Phi) is 7.55. The Morgan fingerprint density at radius 1 is 1.20 bits per heavy atom. The molecule has 0 heterocycles. The monoisotopic (exact) mass is 278 g/mol. The molecule has 0 radical (unpaired) electrons. The van der Waals surface area contributed by atoms with E-state index in [1.54, 1.807) is 0 Å². The molecule has 112 valence electrons. The van der Waals surface area contributed by atoms with Crippen molar-refractivity contribution in [1.82, 2.24) is 5.32 Å². The van der Waals surface area contributed by atoms with Gasteiger partial charge in [0.25, 0.3) is 0 Å². The molecule has 0 aliphatic carbocycles. The lowest BCUT2D eigenvalue weighted by atomic mass is 10.2. The van der Waals surface area contributed by atoms with Gasteiger partial charge >= 0.3 is 0 Å². The SMILES string of the molecule is CCCCOc1ccc(NC(C)C(=O)NCCC)cc1. The first-order chi connectivity index (χ1) is 9.67. The van der Waals surface area contributed by atoms with Crippen LogP contribution >= 0.6 is 0 Å². The van der Waals surface area contributed by atoms with Crippen LogP contribution in [0.15, 0.2) is 24.3 Å². The third kappa shape index (κ3) is 5.95. The van der Waals surface area contributed by atoms with Gasteiger partial charge in [-0.2, -0.15) is 0 Å². The number of nitrogens with one attached hydrogen (secondary N) is 2. The van der Waals surface area contributed by atoms with Gasteiger partial charge < -0.3 is 15.4 Å². The molecule has 20 heavy (non-hydrogen) atoms. The van der Waals surface area contributed by atoms with E-state index < -0.39 is 0 Å². The first-order valence-corrected chi connectivity index (χ1v) is 7.44. The molecule has 0 fully saturated rings. The topological polar surface area (TPSA) is 50.4 Å². The average molecular weight is 278 g/mol. The highest BCUT2D eigenvalue weighted by molar-refractivity contribution is 5.84. The molecule has 1 rings (SSSR count). The molecule has 4 nitrogen and oxygen atoms in total. The highest BCUT2D eigenvalue weighted by Crippen LogP contribution is 2.16. The number of carbonyl (C=O) groups is 1. The van der Waals surface area contributed by atoms with Gasteiger partial charge in [0.15, 0.2) is 0 Å². The Labute approximate surface area is 121 Å². The zero-order chi connectivity index (χ0) is 14.8. The molecule has 2 N–H and O–H groups in total. The van der Waals surface area contributed by atoms with Crippen molar-refractivity contribution in [2.75, 3.05) is 18.5 Å². The Morgan fingerprint density at radius 3 is 2.50 bits per heavy atom. The van der Waals surface area contributed by atoms with Gasteiger partial charge in [0.1, 0.15) is 11.8 Å². The fourth-order valence-corrected chi connectivity index (χ4v) is 1.70. The lowest BCUT2D eigenvalue weighted by Gasteiger charge is -2.15. The van der Waals surface area contributed by atoms with Crippen LogP contribution in [0.25, 0.3) is 0 Å². The summed E-state index contributed by atoms with van der Waals surface area (Å²) in [5, 5.41) is 6.05. The van der Waals surface area contributed by atoms with E-state index in [2.05, 4.69) is 17.6 Å². The number of unbranched alkanes of at least 4 members (excludes halogenated alkanes) is 1. The largest absolute Gasteiger partial charge is 0.494 e. The summed E-state index contributed by atoms with van der Waals surface area (Å²) in [5.41, 5.74) is 0.923. The molecule has 1 aromatic rings. The van der Waals surface area contributed by atoms with Crippen LogP contribution in [0, 0.1) is 0 Å². The molecule has 0 aliphatic heterocycles. The summed E-state index contributed by atoms with van der Waals surface area (Å²) in [6, 6.07) is 7.48. The summed E-state index contributed by atoms with van der Waals surface area (Å²) in [6.07, 6.45) is 3.14. The number of ether oxygens (including phenoxy) is 1. The van der Waals surface area contributed by atoms with Gasteiger partial charge in [0.05, 0.1) is 6.61 Å². The van der Waals surface area contributed by atoms with E-state index in [1.165, 1.54) is 0 Å². The number of carbonyl (C=O) groups excluding carboxylic acids is 1. The molecule has 0 spiro atoms. The minimum atomic E-state index is -0.242. The fourth-order valence-electron chi connectivity index (χ4n) is 1.70. The Bertz CT molecular complexity index is 390. The first kappa shape index (κ1) is 16.3. The van der Waals surface area contributed by atoms with Gasteiger partial charge in [-0.15, -0.1) is 0 Å². The summed E-state index contributed by atoms with van der Waals surface area (Å²) in [5.74, 6) is 0.891. The number of anilines is 1. The highest BCUT2D eigenvalue weighted by Gasteiger charge is 2.11. The van der Waals surface area contributed by atoms with Crippen LogP contribution < -0.4 is 15.4 Å². The smallest absolute Gasteiger partial charge is 0.242 e. The molecule has 1 atom stereocenters. The average Bonchev–Trinajstić information content (AvgIpc) is 2.46. The van der Waals surface area contributed by atoms with E-state index in [-0.39, 0.29) is 11.9 Å². The zero-order valence-electron chi connectivity index (χ0n) is 12.7. The van der Waals surface area contributed by atoms with Gasteiger partial charge in [-0.1, -0.05) is 20.3 Å². The lowest BCUT2D eigenvalue weighted by Crippen LogP contribution is -2.37. The molecule has 4 heteroatoms. The second-order valence-corrected chi connectivity index (χ2v) is 4.88. The number of hydrogen-bond donors (Lipinski definition) is 2. The quantitative estimate of drug-likeness (QED) is 0.682. The molecule has 0 saturated carbocycles. The fraction of sp³-hybridized carbons (Fsp3) is 0.562. The van der Waals surface area contributed by atoms with Crippen LogP contribution in [0.2, 0.25) is 0 Å². The maximum Gasteiger partial charge on any atom is 0.242 e. The van der Waals surface area contributed by atoms with E-state index in [9.17, 15) is 4.79 Å². The molecular formula is C16H26N2O2. The maximum absolute atomic E-state index is 11.7. The summed E-state index contributed by atoms with van der Waals surface area (Å²) >= 11 is 0. The van der Waals surface area contributed by atoms with Crippen molar-refractivity contribution in [2.45, 2.75) is 46.1 Å². The third-order valence-electron chi connectivity index (χ3n) is 2.95. The maximum atomic E-state index is 11.7. The Balaban J connectivity index is 2.42. The van der Waals surface area contributed by atoms with Crippen LogP contribution in [0.3, 0.4) is 0 Å². The molecule has 1 unspecified atom stereocenters. The Hall–Kier alpha value is -1.71. The molecule has 0 aromatic heterocycles. The number of benzene rings is 1. The van der Waals surface area contributed by atoms with Gasteiger partial charge in [0, 0.05) is 12.2 Å². The molecule has 1 amide bonds.